The van der Waals surface area contributed by atoms with Crippen molar-refractivity contribution < 1.29 is 41.8 Å². The van der Waals surface area contributed by atoms with Crippen molar-refractivity contribution in [1.82, 2.24) is 10.0 Å². The lowest BCUT2D eigenvalue weighted by Gasteiger charge is -2.19. The normalized spacial score (nSPS) is 11.9. The van der Waals surface area contributed by atoms with Crippen molar-refractivity contribution in [3.63, 3.8) is 0 Å². The fraction of sp³-hybridized carbons (Fsp3) is 0.696. The molecule has 1 aromatic rings. The van der Waals surface area contributed by atoms with E-state index in [1.807, 2.05) is 0 Å². The van der Waals surface area contributed by atoms with Gasteiger partial charge in [-0.1, -0.05) is 0 Å². The van der Waals surface area contributed by atoms with Crippen LogP contribution >= 0.6 is 0 Å². The molecule has 0 aliphatic heterocycles. The molecule has 37 heavy (non-hydrogen) atoms. The third-order valence-electron chi connectivity index (χ3n) is 4.45. The molecule has 2 N–H and O–H groups in total. The zero-order valence-corrected chi connectivity index (χ0v) is 22.8. The summed E-state index contributed by atoms with van der Waals surface area (Å²) in [5.74, 6) is 0. The number of nitrogens with zero attached hydrogens (tertiary/aromatic N) is 1. The molecule has 13 nitrogen and oxygen atoms in total. The van der Waals surface area contributed by atoms with Crippen molar-refractivity contribution in [2.24, 2.45) is 0 Å². The highest BCUT2D eigenvalue weighted by Crippen LogP contribution is 2.21. The largest absolute Gasteiger partial charge is 0.444 e. The number of rotatable bonds is 19. The van der Waals surface area contributed by atoms with Crippen LogP contribution in [0.2, 0.25) is 0 Å². The quantitative estimate of drug-likeness (QED) is 0.148. The van der Waals surface area contributed by atoms with Crippen molar-refractivity contribution in [3.05, 3.63) is 33.9 Å². The molecule has 0 aromatic heterocycles. The van der Waals surface area contributed by atoms with Crippen LogP contribution in [-0.4, -0.2) is 91.0 Å². The van der Waals surface area contributed by atoms with Crippen LogP contribution in [0.25, 0.3) is 0 Å². The van der Waals surface area contributed by atoms with Gasteiger partial charge in [0.2, 0.25) is 10.0 Å². The number of nitro groups is 1. The Kier molecular flexibility index (Phi) is 15.2. The number of benzene rings is 1. The predicted octanol–water partition coefficient (Wildman–Crippen LogP) is 2.16. The number of nitrogens with one attached hydrogen (secondary N) is 2. The van der Waals surface area contributed by atoms with E-state index in [0.29, 0.717) is 59.2 Å². The van der Waals surface area contributed by atoms with Crippen molar-refractivity contribution in [2.45, 2.75) is 44.6 Å². The number of aryl methyl sites for hydroxylation is 1. The summed E-state index contributed by atoms with van der Waals surface area (Å²) in [5, 5.41) is 13.5. The average Bonchev–Trinajstić information content (AvgIpc) is 2.79. The number of amides is 1. The molecule has 1 aromatic carbocycles. The maximum atomic E-state index is 12.3. The van der Waals surface area contributed by atoms with E-state index in [-0.39, 0.29) is 29.3 Å². The Balaban J connectivity index is 1.94. The van der Waals surface area contributed by atoms with Gasteiger partial charge in [-0.05, 0) is 46.2 Å². The van der Waals surface area contributed by atoms with E-state index in [1.54, 1.807) is 20.8 Å². The molecule has 0 atom stereocenters. The van der Waals surface area contributed by atoms with Crippen LogP contribution in [0.15, 0.2) is 23.1 Å². The molecule has 0 fully saturated rings. The third kappa shape index (κ3) is 15.5. The Bertz CT molecular complexity index is 935. The van der Waals surface area contributed by atoms with Gasteiger partial charge in [0.1, 0.15) is 5.60 Å². The minimum atomic E-state index is -3.79. The highest BCUT2D eigenvalue weighted by molar-refractivity contribution is 7.89. The number of hydrogen-bond donors (Lipinski definition) is 2. The molecular formula is C23H39N3O10S. The van der Waals surface area contributed by atoms with Crippen molar-refractivity contribution in [3.8, 4) is 0 Å². The summed E-state index contributed by atoms with van der Waals surface area (Å²) in [5.41, 5.74) is -0.395. The smallest absolute Gasteiger partial charge is 0.407 e. The van der Waals surface area contributed by atoms with Crippen LogP contribution in [0, 0.1) is 17.0 Å². The Labute approximate surface area is 218 Å². The number of hydrogen-bond acceptors (Lipinski definition) is 10. The maximum Gasteiger partial charge on any atom is 0.407 e. The predicted molar refractivity (Wildman–Crippen MR) is 135 cm³/mol. The molecule has 0 unspecified atom stereocenters. The maximum absolute atomic E-state index is 12.3. The molecule has 212 valence electrons. The standard InChI is InChI=1S/C23H39N3O10S/c1-19-18-20(6-7-21(19)26(28)29)37(30,31)25-9-13-34-15-17-35-16-14-33-11-5-10-32-12-8-24-22(27)36-23(2,3)4/h6-7,18,25H,5,8-17H2,1-4H3,(H,24,27). The number of carbonyl (C=O) groups excluding carboxylic acids is 1. The van der Waals surface area contributed by atoms with Gasteiger partial charge in [-0.2, -0.15) is 0 Å². The molecule has 0 heterocycles. The van der Waals surface area contributed by atoms with Gasteiger partial charge in [-0.25, -0.2) is 17.9 Å². The Morgan fingerprint density at radius 3 is 2.03 bits per heavy atom. The third-order valence-corrected chi connectivity index (χ3v) is 5.91. The summed E-state index contributed by atoms with van der Waals surface area (Å²) < 4.78 is 53.6. The lowest BCUT2D eigenvalue weighted by atomic mass is 10.2. The Morgan fingerprint density at radius 1 is 0.919 bits per heavy atom. The summed E-state index contributed by atoms with van der Waals surface area (Å²) >= 11 is 0. The number of ether oxygens (including phenoxy) is 5. The first-order chi connectivity index (χ1) is 17.4. The van der Waals surface area contributed by atoms with Crippen LogP contribution in [0.4, 0.5) is 10.5 Å². The van der Waals surface area contributed by atoms with Crippen LogP contribution in [0.3, 0.4) is 0 Å². The summed E-state index contributed by atoms with van der Waals surface area (Å²) in [7, 11) is -3.79. The highest BCUT2D eigenvalue weighted by atomic mass is 32.2. The van der Waals surface area contributed by atoms with Crippen molar-refractivity contribution in [2.75, 3.05) is 65.9 Å². The number of alkyl carbamates (subject to hydrolysis) is 1. The molecule has 0 aliphatic carbocycles. The van der Waals surface area contributed by atoms with Gasteiger partial charge in [-0.15, -0.1) is 0 Å². The second kappa shape index (κ2) is 17.2. The first-order valence-electron chi connectivity index (χ1n) is 11.9. The SMILES string of the molecule is Cc1cc(S(=O)(=O)NCCOCCOCCOCCCOCCNC(=O)OC(C)(C)C)ccc1[N+](=O)[O-]. The topological polar surface area (TPSA) is 165 Å². The first kappa shape index (κ1) is 32.7. The van der Waals surface area contributed by atoms with Gasteiger partial charge in [-0.3, -0.25) is 10.1 Å². The van der Waals surface area contributed by atoms with E-state index < -0.39 is 26.6 Å². The van der Waals surface area contributed by atoms with E-state index in [1.165, 1.54) is 25.1 Å². The van der Waals surface area contributed by atoms with Gasteiger partial charge < -0.3 is 29.0 Å². The Morgan fingerprint density at radius 2 is 1.46 bits per heavy atom. The van der Waals surface area contributed by atoms with Crippen molar-refractivity contribution in [1.29, 1.82) is 0 Å². The van der Waals surface area contributed by atoms with Gasteiger partial charge >= 0.3 is 6.09 Å². The molecule has 0 bridgehead atoms. The van der Waals surface area contributed by atoms with Crippen LogP contribution in [0.1, 0.15) is 32.8 Å². The van der Waals surface area contributed by atoms with Gasteiger partial charge in [0, 0.05) is 37.9 Å². The zero-order valence-electron chi connectivity index (χ0n) is 21.9. The number of carbonyl (C=O) groups is 1. The zero-order chi connectivity index (χ0) is 27.7. The summed E-state index contributed by atoms with van der Waals surface area (Å²) in [6, 6.07) is 3.63. The van der Waals surface area contributed by atoms with E-state index in [2.05, 4.69) is 10.0 Å². The fourth-order valence-corrected chi connectivity index (χ4v) is 3.88. The molecule has 14 heteroatoms. The van der Waals surface area contributed by atoms with Gasteiger partial charge in [0.05, 0.1) is 49.5 Å². The lowest BCUT2D eigenvalue weighted by molar-refractivity contribution is -0.385. The monoisotopic (exact) mass is 549 g/mol. The fourth-order valence-electron chi connectivity index (χ4n) is 2.78. The molecule has 1 rings (SSSR count). The molecule has 0 spiro atoms. The van der Waals surface area contributed by atoms with Crippen LogP contribution in [0.5, 0.6) is 0 Å². The molecule has 0 saturated carbocycles. The van der Waals surface area contributed by atoms with Crippen LogP contribution < -0.4 is 10.0 Å². The molecule has 0 aliphatic rings. The summed E-state index contributed by atoms with van der Waals surface area (Å²) in [6.07, 6.45) is 0.245. The van der Waals surface area contributed by atoms with E-state index in [0.717, 1.165) is 0 Å². The first-order valence-corrected chi connectivity index (χ1v) is 13.4. The molecule has 0 saturated heterocycles. The molecule has 0 radical (unpaired) electrons. The molecular weight excluding hydrogens is 510 g/mol. The molecule has 1 amide bonds. The highest BCUT2D eigenvalue weighted by Gasteiger charge is 2.18. The number of sulfonamides is 1. The van der Waals surface area contributed by atoms with E-state index >= 15 is 0 Å². The van der Waals surface area contributed by atoms with Gasteiger partial charge in [0.15, 0.2) is 0 Å². The lowest BCUT2D eigenvalue weighted by Crippen LogP contribution is -2.34. The minimum Gasteiger partial charge on any atom is -0.444 e. The summed E-state index contributed by atoms with van der Waals surface area (Å²) in [6.45, 7) is 10.3. The van der Waals surface area contributed by atoms with Crippen molar-refractivity contribution >= 4 is 21.8 Å². The van der Waals surface area contributed by atoms with E-state index in [9.17, 15) is 23.3 Å². The minimum absolute atomic E-state index is 0.0410. The second-order valence-corrected chi connectivity index (χ2v) is 10.6. The van der Waals surface area contributed by atoms with Crippen LogP contribution in [-0.2, 0) is 33.7 Å². The average molecular weight is 550 g/mol. The van der Waals surface area contributed by atoms with E-state index in [4.69, 9.17) is 23.7 Å². The Hall–Kier alpha value is -2.36. The summed E-state index contributed by atoms with van der Waals surface area (Å²) in [4.78, 5) is 21.7. The second-order valence-electron chi connectivity index (χ2n) is 8.83. The van der Waals surface area contributed by atoms with Gasteiger partial charge in [0.25, 0.3) is 5.69 Å². The number of nitro benzene ring substituents is 1.